The maximum atomic E-state index is 12.3. The van der Waals surface area contributed by atoms with Gasteiger partial charge in [0.25, 0.3) is 0 Å². The molecule has 0 saturated heterocycles. The summed E-state index contributed by atoms with van der Waals surface area (Å²) in [5, 5.41) is 16.4. The molecule has 8 heteroatoms. The topological polar surface area (TPSA) is 81.4 Å². The van der Waals surface area contributed by atoms with E-state index >= 15 is 0 Å². The van der Waals surface area contributed by atoms with Crippen LogP contribution in [0.1, 0.15) is 12.5 Å². The number of rotatable bonds is 7. The molecule has 0 aliphatic carbocycles. The van der Waals surface area contributed by atoms with E-state index in [4.69, 9.17) is 4.74 Å². The molecule has 0 fully saturated rings. The second-order valence-corrected chi connectivity index (χ2v) is 7.57. The summed E-state index contributed by atoms with van der Waals surface area (Å²) in [6.07, 6.45) is 0. The van der Waals surface area contributed by atoms with Gasteiger partial charge in [0.2, 0.25) is 11.1 Å². The highest BCUT2D eigenvalue weighted by molar-refractivity contribution is 7.99. The fourth-order valence-electron chi connectivity index (χ4n) is 2.87. The fourth-order valence-corrected chi connectivity index (χ4v) is 3.55. The van der Waals surface area contributed by atoms with Crippen molar-refractivity contribution in [2.75, 3.05) is 17.7 Å². The highest BCUT2D eigenvalue weighted by atomic mass is 32.2. The van der Waals surface area contributed by atoms with Crippen molar-refractivity contribution < 1.29 is 9.53 Å². The Morgan fingerprint density at radius 3 is 2.53 bits per heavy atom. The Morgan fingerprint density at radius 1 is 1.03 bits per heavy atom. The van der Waals surface area contributed by atoms with E-state index in [1.165, 1.54) is 17.3 Å². The number of aryl methyl sites for hydroxylation is 1. The van der Waals surface area contributed by atoms with Crippen LogP contribution in [-0.4, -0.2) is 38.1 Å². The molecule has 4 aromatic rings. The van der Waals surface area contributed by atoms with E-state index in [1.54, 1.807) is 4.52 Å². The van der Waals surface area contributed by atoms with Crippen LogP contribution in [0.3, 0.4) is 0 Å². The van der Waals surface area contributed by atoms with Crippen LogP contribution in [0.5, 0.6) is 5.75 Å². The van der Waals surface area contributed by atoms with Gasteiger partial charge in [-0.1, -0.05) is 41.6 Å². The first-order valence-corrected chi connectivity index (χ1v) is 10.6. The first-order valence-electron chi connectivity index (χ1n) is 9.57. The van der Waals surface area contributed by atoms with Crippen molar-refractivity contribution in [2.24, 2.45) is 0 Å². The van der Waals surface area contributed by atoms with E-state index in [9.17, 15) is 4.79 Å². The standard InChI is InChI=1S/C22H21N5O2S/c1-3-29-18-10-8-17(9-11-18)23-21(28)14-30-22-25-24-20-13-12-19(26-27(20)22)16-6-4-15(2)5-7-16/h4-13H,3,14H2,1-2H3,(H,23,28). The average Bonchev–Trinajstić information content (AvgIpc) is 3.17. The first-order chi connectivity index (χ1) is 14.6. The zero-order valence-corrected chi connectivity index (χ0v) is 17.5. The number of carbonyl (C=O) groups excluding carboxylic acids is 1. The molecule has 0 saturated carbocycles. The van der Waals surface area contributed by atoms with Crippen LogP contribution in [0.15, 0.2) is 65.8 Å². The highest BCUT2D eigenvalue weighted by Crippen LogP contribution is 2.22. The lowest BCUT2D eigenvalue weighted by Crippen LogP contribution is -2.14. The molecule has 0 bridgehead atoms. The number of nitrogens with zero attached hydrogens (tertiary/aromatic N) is 4. The van der Waals surface area contributed by atoms with Gasteiger partial charge in [0.1, 0.15) is 5.75 Å². The minimum atomic E-state index is -0.129. The molecule has 1 amide bonds. The number of ether oxygens (including phenoxy) is 1. The van der Waals surface area contributed by atoms with Gasteiger partial charge in [-0.15, -0.1) is 10.2 Å². The van der Waals surface area contributed by atoms with Crippen LogP contribution in [0.4, 0.5) is 5.69 Å². The predicted molar refractivity (Wildman–Crippen MR) is 118 cm³/mol. The van der Waals surface area contributed by atoms with Crippen molar-refractivity contribution in [2.45, 2.75) is 19.0 Å². The normalized spacial score (nSPS) is 10.9. The minimum absolute atomic E-state index is 0.129. The van der Waals surface area contributed by atoms with E-state index in [-0.39, 0.29) is 11.7 Å². The maximum absolute atomic E-state index is 12.3. The number of benzene rings is 2. The number of thioether (sulfide) groups is 1. The Kier molecular flexibility index (Phi) is 5.94. The van der Waals surface area contributed by atoms with Gasteiger partial charge >= 0.3 is 0 Å². The zero-order valence-electron chi connectivity index (χ0n) is 16.7. The molecule has 0 spiro atoms. The molecule has 2 aromatic heterocycles. The van der Waals surface area contributed by atoms with E-state index in [0.717, 1.165) is 22.7 Å². The molecule has 7 nitrogen and oxygen atoms in total. The zero-order chi connectivity index (χ0) is 20.9. The summed E-state index contributed by atoms with van der Waals surface area (Å²) in [5.41, 5.74) is 4.39. The third-order valence-corrected chi connectivity index (χ3v) is 5.28. The second-order valence-electron chi connectivity index (χ2n) is 6.63. The van der Waals surface area contributed by atoms with E-state index in [0.29, 0.717) is 17.4 Å². The Hall–Kier alpha value is -3.39. The summed E-state index contributed by atoms with van der Waals surface area (Å²) >= 11 is 1.29. The van der Waals surface area contributed by atoms with Crippen molar-refractivity contribution in [3.63, 3.8) is 0 Å². The van der Waals surface area contributed by atoms with Crippen molar-refractivity contribution >= 4 is 29.0 Å². The fraction of sp³-hybridized carbons (Fsp3) is 0.182. The third-order valence-electron chi connectivity index (χ3n) is 4.36. The summed E-state index contributed by atoms with van der Waals surface area (Å²) in [6.45, 7) is 4.58. The quantitative estimate of drug-likeness (QED) is 0.452. The summed E-state index contributed by atoms with van der Waals surface area (Å²) < 4.78 is 7.08. The maximum Gasteiger partial charge on any atom is 0.234 e. The van der Waals surface area contributed by atoms with E-state index in [2.05, 4.69) is 20.6 Å². The van der Waals surface area contributed by atoms with Crippen LogP contribution in [0, 0.1) is 6.92 Å². The van der Waals surface area contributed by atoms with E-state index < -0.39 is 0 Å². The lowest BCUT2D eigenvalue weighted by molar-refractivity contribution is -0.113. The molecule has 0 unspecified atom stereocenters. The molecule has 1 N–H and O–H groups in total. The van der Waals surface area contributed by atoms with Crippen LogP contribution in [-0.2, 0) is 4.79 Å². The number of anilines is 1. The van der Waals surface area contributed by atoms with Gasteiger partial charge in [-0.2, -0.15) is 9.61 Å². The first kappa shape index (κ1) is 19.9. The molecular formula is C22H21N5O2S. The molecule has 2 aromatic carbocycles. The van der Waals surface area contributed by atoms with Crippen LogP contribution < -0.4 is 10.1 Å². The van der Waals surface area contributed by atoms with Gasteiger partial charge < -0.3 is 10.1 Å². The Balaban J connectivity index is 1.43. The van der Waals surface area contributed by atoms with Crippen LogP contribution in [0.25, 0.3) is 16.9 Å². The monoisotopic (exact) mass is 419 g/mol. The molecule has 152 valence electrons. The molecular weight excluding hydrogens is 398 g/mol. The van der Waals surface area contributed by atoms with Crippen molar-refractivity contribution in [3.05, 3.63) is 66.2 Å². The smallest absolute Gasteiger partial charge is 0.234 e. The third kappa shape index (κ3) is 4.60. The number of carbonyl (C=O) groups is 1. The SMILES string of the molecule is CCOc1ccc(NC(=O)CSc2nnc3ccc(-c4ccc(C)cc4)nn23)cc1. The van der Waals surface area contributed by atoms with Gasteiger partial charge in [0, 0.05) is 11.3 Å². The van der Waals surface area contributed by atoms with Gasteiger partial charge in [-0.05, 0) is 50.2 Å². The number of hydrogen-bond acceptors (Lipinski definition) is 6. The molecule has 0 aliphatic rings. The number of amides is 1. The number of hydrogen-bond donors (Lipinski definition) is 1. The predicted octanol–water partition coefficient (Wildman–Crippen LogP) is 4.23. The Labute approximate surface area is 178 Å². The molecule has 4 rings (SSSR count). The lowest BCUT2D eigenvalue weighted by atomic mass is 10.1. The number of aromatic nitrogens is 4. The van der Waals surface area contributed by atoms with Gasteiger partial charge in [0.15, 0.2) is 5.65 Å². The highest BCUT2D eigenvalue weighted by Gasteiger charge is 2.12. The van der Waals surface area contributed by atoms with Gasteiger partial charge in [-0.3, -0.25) is 4.79 Å². The van der Waals surface area contributed by atoms with Crippen molar-refractivity contribution in [1.82, 2.24) is 19.8 Å². The summed E-state index contributed by atoms with van der Waals surface area (Å²) in [4.78, 5) is 12.3. The minimum Gasteiger partial charge on any atom is -0.494 e. The average molecular weight is 420 g/mol. The van der Waals surface area contributed by atoms with E-state index in [1.807, 2.05) is 74.5 Å². The molecule has 2 heterocycles. The molecule has 0 aliphatic heterocycles. The lowest BCUT2D eigenvalue weighted by Gasteiger charge is -2.07. The van der Waals surface area contributed by atoms with Crippen LogP contribution in [0.2, 0.25) is 0 Å². The number of nitrogens with one attached hydrogen (secondary N) is 1. The summed E-state index contributed by atoms with van der Waals surface area (Å²) in [5.74, 6) is 0.843. The molecule has 0 radical (unpaired) electrons. The Bertz CT molecular complexity index is 1160. The number of fused-ring (bicyclic) bond motifs is 1. The van der Waals surface area contributed by atoms with Crippen molar-refractivity contribution in [1.29, 1.82) is 0 Å². The van der Waals surface area contributed by atoms with Crippen LogP contribution >= 0.6 is 11.8 Å². The van der Waals surface area contributed by atoms with Gasteiger partial charge in [-0.25, -0.2) is 0 Å². The summed E-state index contributed by atoms with van der Waals surface area (Å²) in [7, 11) is 0. The second kappa shape index (κ2) is 8.96. The molecule has 0 atom stereocenters. The van der Waals surface area contributed by atoms with Gasteiger partial charge in [0.05, 0.1) is 18.1 Å². The van der Waals surface area contributed by atoms with Crippen molar-refractivity contribution in [3.8, 4) is 17.0 Å². The largest absolute Gasteiger partial charge is 0.494 e. The summed E-state index contributed by atoms with van der Waals surface area (Å²) in [6, 6.07) is 19.2. The Morgan fingerprint density at radius 2 is 1.80 bits per heavy atom. The molecule has 30 heavy (non-hydrogen) atoms.